The number of benzene rings is 3. The highest BCUT2D eigenvalue weighted by molar-refractivity contribution is 6.06. The first-order valence-electron chi connectivity index (χ1n) is 12.7. The van der Waals surface area contributed by atoms with Gasteiger partial charge < -0.3 is 19.5 Å². The maximum atomic E-state index is 13.2. The SMILES string of the molecule is COc1cc2c(cc1OC)CN(CCn1cc(COc3ccccc3C(=O)Nc3ccc(F)cc3)nn1)CC2. The van der Waals surface area contributed by atoms with Crippen LogP contribution < -0.4 is 19.5 Å². The third-order valence-corrected chi connectivity index (χ3v) is 6.64. The molecule has 0 fully saturated rings. The molecule has 3 aromatic carbocycles. The van der Waals surface area contributed by atoms with Crippen LogP contribution in [0.15, 0.2) is 66.9 Å². The Morgan fingerprint density at radius 2 is 1.72 bits per heavy atom. The molecule has 0 radical (unpaired) electrons. The maximum Gasteiger partial charge on any atom is 0.259 e. The summed E-state index contributed by atoms with van der Waals surface area (Å²) in [7, 11) is 3.31. The summed E-state index contributed by atoms with van der Waals surface area (Å²) in [5.41, 5.74) is 4.05. The molecule has 0 unspecified atom stereocenters. The van der Waals surface area contributed by atoms with E-state index in [-0.39, 0.29) is 18.3 Å². The minimum absolute atomic E-state index is 0.166. The van der Waals surface area contributed by atoms with E-state index >= 15 is 0 Å². The van der Waals surface area contributed by atoms with E-state index in [9.17, 15) is 9.18 Å². The number of carbonyl (C=O) groups excluding carboxylic acids is 1. The van der Waals surface area contributed by atoms with E-state index in [2.05, 4.69) is 32.7 Å². The number of hydrogen-bond donors (Lipinski definition) is 1. The van der Waals surface area contributed by atoms with Gasteiger partial charge in [-0.15, -0.1) is 5.10 Å². The van der Waals surface area contributed by atoms with E-state index in [1.807, 2.05) is 6.20 Å². The van der Waals surface area contributed by atoms with Gasteiger partial charge in [0.25, 0.3) is 5.91 Å². The predicted octanol–water partition coefficient (Wildman–Crippen LogP) is 4.32. The van der Waals surface area contributed by atoms with E-state index < -0.39 is 0 Å². The molecule has 0 aliphatic carbocycles. The average Bonchev–Trinajstić information content (AvgIpc) is 3.43. The fraction of sp³-hybridized carbons (Fsp3) is 0.276. The molecule has 39 heavy (non-hydrogen) atoms. The third-order valence-electron chi connectivity index (χ3n) is 6.64. The molecule has 1 aromatic heterocycles. The van der Waals surface area contributed by atoms with Crippen molar-refractivity contribution in [3.63, 3.8) is 0 Å². The zero-order valence-corrected chi connectivity index (χ0v) is 21.9. The fourth-order valence-electron chi connectivity index (χ4n) is 4.55. The van der Waals surface area contributed by atoms with Gasteiger partial charge in [-0.1, -0.05) is 17.3 Å². The second kappa shape index (κ2) is 12.0. The van der Waals surface area contributed by atoms with Crippen LogP contribution in [0.5, 0.6) is 17.2 Å². The summed E-state index contributed by atoms with van der Waals surface area (Å²) in [5.74, 6) is 1.21. The number of rotatable bonds is 10. The number of anilines is 1. The number of aromatic nitrogens is 3. The van der Waals surface area contributed by atoms with Crippen molar-refractivity contribution in [1.29, 1.82) is 0 Å². The van der Waals surface area contributed by atoms with Gasteiger partial charge in [0.05, 0.1) is 32.5 Å². The van der Waals surface area contributed by atoms with Crippen LogP contribution in [-0.2, 0) is 26.1 Å². The summed E-state index contributed by atoms with van der Waals surface area (Å²) >= 11 is 0. The molecule has 0 bridgehead atoms. The van der Waals surface area contributed by atoms with Crippen molar-refractivity contribution in [1.82, 2.24) is 19.9 Å². The molecule has 1 aliphatic heterocycles. The Kier molecular flexibility index (Phi) is 8.02. The van der Waals surface area contributed by atoms with Gasteiger partial charge in [-0.2, -0.15) is 0 Å². The van der Waals surface area contributed by atoms with Crippen LogP contribution >= 0.6 is 0 Å². The van der Waals surface area contributed by atoms with Crippen LogP contribution in [0.3, 0.4) is 0 Å². The molecule has 10 heteroatoms. The second-order valence-corrected chi connectivity index (χ2v) is 9.22. The number of amides is 1. The lowest BCUT2D eigenvalue weighted by atomic mass is 9.99. The van der Waals surface area contributed by atoms with Gasteiger partial charge in [-0.3, -0.25) is 14.4 Å². The molecule has 0 atom stereocenters. The molecule has 2 heterocycles. The summed E-state index contributed by atoms with van der Waals surface area (Å²) in [6.07, 6.45) is 2.80. The Morgan fingerprint density at radius 1 is 0.974 bits per heavy atom. The van der Waals surface area contributed by atoms with Gasteiger partial charge in [0.15, 0.2) is 11.5 Å². The summed E-state index contributed by atoms with van der Waals surface area (Å²) in [6, 6.07) is 16.7. The topological polar surface area (TPSA) is 90.7 Å². The molecule has 0 spiro atoms. The Bertz CT molecular complexity index is 1440. The minimum Gasteiger partial charge on any atom is -0.493 e. The number of halogens is 1. The lowest BCUT2D eigenvalue weighted by Gasteiger charge is -2.29. The number of ether oxygens (including phenoxy) is 3. The van der Waals surface area contributed by atoms with Gasteiger partial charge in [-0.25, -0.2) is 4.39 Å². The van der Waals surface area contributed by atoms with Crippen LogP contribution in [0.4, 0.5) is 10.1 Å². The fourth-order valence-corrected chi connectivity index (χ4v) is 4.55. The van der Waals surface area contributed by atoms with Crippen LogP contribution in [0.25, 0.3) is 0 Å². The summed E-state index contributed by atoms with van der Waals surface area (Å²) in [5, 5.41) is 11.2. The van der Waals surface area contributed by atoms with Crippen molar-refractivity contribution in [2.24, 2.45) is 0 Å². The summed E-state index contributed by atoms with van der Waals surface area (Å²) < 4.78 is 31.8. The van der Waals surface area contributed by atoms with Crippen molar-refractivity contribution in [2.45, 2.75) is 26.1 Å². The molecule has 202 valence electrons. The molecule has 1 aliphatic rings. The lowest BCUT2D eigenvalue weighted by Crippen LogP contribution is -2.33. The van der Waals surface area contributed by atoms with Crippen LogP contribution in [0.2, 0.25) is 0 Å². The normalized spacial score (nSPS) is 13.0. The first kappa shape index (κ1) is 26.2. The number of carbonyl (C=O) groups is 1. The molecule has 0 saturated heterocycles. The van der Waals surface area contributed by atoms with E-state index in [4.69, 9.17) is 14.2 Å². The number of fused-ring (bicyclic) bond motifs is 1. The largest absolute Gasteiger partial charge is 0.493 e. The highest BCUT2D eigenvalue weighted by Crippen LogP contribution is 2.33. The Hall–Kier alpha value is -4.44. The molecule has 9 nitrogen and oxygen atoms in total. The number of hydrogen-bond acceptors (Lipinski definition) is 7. The van der Waals surface area contributed by atoms with Gasteiger partial charge in [0.1, 0.15) is 23.9 Å². The molecular formula is C29H30FN5O4. The molecule has 5 rings (SSSR count). The van der Waals surface area contributed by atoms with Gasteiger partial charge in [-0.05, 0) is 66.1 Å². The summed E-state index contributed by atoms with van der Waals surface area (Å²) in [6.45, 7) is 3.46. The first-order chi connectivity index (χ1) is 19.0. The molecular weight excluding hydrogens is 501 g/mol. The van der Waals surface area contributed by atoms with E-state index in [1.54, 1.807) is 43.2 Å². The van der Waals surface area contributed by atoms with E-state index in [0.717, 1.165) is 37.6 Å². The average molecular weight is 532 g/mol. The van der Waals surface area contributed by atoms with E-state index in [1.165, 1.54) is 35.4 Å². The zero-order valence-electron chi connectivity index (χ0n) is 21.9. The minimum atomic E-state index is -0.368. The number of nitrogens with zero attached hydrogens (tertiary/aromatic N) is 4. The van der Waals surface area contributed by atoms with Crippen LogP contribution in [-0.4, -0.2) is 53.1 Å². The Morgan fingerprint density at radius 3 is 2.49 bits per heavy atom. The highest BCUT2D eigenvalue weighted by Gasteiger charge is 2.20. The standard InChI is InChI=1S/C29H30FN5O4/c1-37-27-15-20-11-12-34(17-21(20)16-28(27)38-2)13-14-35-18-24(32-33-35)19-39-26-6-4-3-5-25(26)29(36)31-23-9-7-22(30)8-10-23/h3-10,15-16,18H,11-14,17,19H2,1-2H3,(H,31,36). The highest BCUT2D eigenvalue weighted by atomic mass is 19.1. The maximum absolute atomic E-state index is 13.2. The molecule has 0 saturated carbocycles. The summed E-state index contributed by atoms with van der Waals surface area (Å²) in [4.78, 5) is 15.2. The third kappa shape index (κ3) is 6.35. The van der Waals surface area contributed by atoms with Gasteiger partial charge >= 0.3 is 0 Å². The Balaban J connectivity index is 1.15. The number of nitrogens with one attached hydrogen (secondary N) is 1. The number of para-hydroxylation sites is 1. The smallest absolute Gasteiger partial charge is 0.259 e. The van der Waals surface area contributed by atoms with Crippen molar-refractivity contribution < 1.29 is 23.4 Å². The van der Waals surface area contributed by atoms with Crippen LogP contribution in [0.1, 0.15) is 27.2 Å². The molecule has 4 aromatic rings. The molecule has 1 amide bonds. The second-order valence-electron chi connectivity index (χ2n) is 9.22. The van der Waals surface area contributed by atoms with Crippen molar-refractivity contribution in [2.75, 3.05) is 32.6 Å². The van der Waals surface area contributed by atoms with Crippen molar-refractivity contribution in [3.05, 3.63) is 95.1 Å². The van der Waals surface area contributed by atoms with Crippen molar-refractivity contribution in [3.8, 4) is 17.2 Å². The van der Waals surface area contributed by atoms with Gasteiger partial charge in [0, 0.05) is 25.3 Å². The van der Waals surface area contributed by atoms with Gasteiger partial charge in [0.2, 0.25) is 0 Å². The monoisotopic (exact) mass is 531 g/mol. The van der Waals surface area contributed by atoms with Crippen molar-refractivity contribution >= 4 is 11.6 Å². The first-order valence-corrected chi connectivity index (χ1v) is 12.7. The zero-order chi connectivity index (χ0) is 27.2. The Labute approximate surface area is 226 Å². The predicted molar refractivity (Wildman–Crippen MR) is 144 cm³/mol. The van der Waals surface area contributed by atoms with Crippen LogP contribution in [0, 0.1) is 5.82 Å². The lowest BCUT2D eigenvalue weighted by molar-refractivity contribution is 0.102. The quantitative estimate of drug-likeness (QED) is 0.326. The molecule has 1 N–H and O–H groups in total. The number of methoxy groups -OCH3 is 2. The van der Waals surface area contributed by atoms with E-state index in [0.29, 0.717) is 29.2 Å².